The second kappa shape index (κ2) is 10.1. The molecule has 1 saturated heterocycles. The fraction of sp³-hybridized carbons (Fsp3) is 0.375. The Balaban J connectivity index is 1.64. The first-order valence-electron chi connectivity index (χ1n) is 10.6. The molecule has 1 heterocycles. The van der Waals surface area contributed by atoms with E-state index >= 15 is 0 Å². The molecule has 3 rings (SSSR count). The molecule has 2 N–H and O–H groups in total. The highest BCUT2D eigenvalue weighted by Gasteiger charge is 2.34. The Labute approximate surface area is 177 Å². The van der Waals surface area contributed by atoms with Crippen LogP contribution in [-0.2, 0) is 4.79 Å². The summed E-state index contributed by atoms with van der Waals surface area (Å²) in [4.78, 5) is 39.5. The standard InChI is InChI=1S/C24H29N3O3/c1-3-4-15-25-23(29)21-10-7-16-27(21)24(30)18-11-13-19(14-12-18)26-22(28)20-9-6-5-8-17(20)2/h5-6,8-9,11-14,21H,3-4,7,10,15-16H2,1-2H3,(H,25,29)(H,26,28)/t21-/m1/s1. The first kappa shape index (κ1) is 21.6. The summed E-state index contributed by atoms with van der Waals surface area (Å²) in [6.07, 6.45) is 3.46. The molecule has 0 radical (unpaired) electrons. The van der Waals surface area contributed by atoms with E-state index in [1.54, 1.807) is 35.2 Å². The number of likely N-dealkylation sites (tertiary alicyclic amines) is 1. The molecule has 1 aliphatic rings. The van der Waals surface area contributed by atoms with Gasteiger partial charge in [-0.25, -0.2) is 0 Å². The highest BCUT2D eigenvalue weighted by Crippen LogP contribution is 2.21. The molecule has 30 heavy (non-hydrogen) atoms. The lowest BCUT2D eigenvalue weighted by Crippen LogP contribution is -2.46. The van der Waals surface area contributed by atoms with Gasteiger partial charge in [0.1, 0.15) is 6.04 Å². The van der Waals surface area contributed by atoms with Crippen LogP contribution in [0.15, 0.2) is 48.5 Å². The maximum atomic E-state index is 12.9. The SMILES string of the molecule is CCCCNC(=O)[C@H]1CCCN1C(=O)c1ccc(NC(=O)c2ccccc2C)cc1. The Morgan fingerprint density at radius 3 is 2.50 bits per heavy atom. The Morgan fingerprint density at radius 1 is 1.07 bits per heavy atom. The summed E-state index contributed by atoms with van der Waals surface area (Å²) in [5.74, 6) is -0.410. The largest absolute Gasteiger partial charge is 0.354 e. The van der Waals surface area contributed by atoms with Gasteiger partial charge in [-0.3, -0.25) is 14.4 Å². The van der Waals surface area contributed by atoms with E-state index in [0.717, 1.165) is 24.8 Å². The minimum Gasteiger partial charge on any atom is -0.354 e. The number of unbranched alkanes of at least 4 members (excludes halogenated alkanes) is 1. The Morgan fingerprint density at radius 2 is 1.80 bits per heavy atom. The van der Waals surface area contributed by atoms with Crippen LogP contribution >= 0.6 is 0 Å². The van der Waals surface area contributed by atoms with E-state index in [9.17, 15) is 14.4 Å². The molecule has 0 unspecified atom stereocenters. The molecule has 1 aliphatic heterocycles. The number of hydrogen-bond acceptors (Lipinski definition) is 3. The van der Waals surface area contributed by atoms with Crippen LogP contribution in [0.5, 0.6) is 0 Å². The van der Waals surface area contributed by atoms with Crippen LogP contribution in [0.3, 0.4) is 0 Å². The van der Waals surface area contributed by atoms with Crippen LogP contribution in [0.1, 0.15) is 58.9 Å². The van der Waals surface area contributed by atoms with E-state index in [-0.39, 0.29) is 17.7 Å². The van der Waals surface area contributed by atoms with E-state index in [2.05, 4.69) is 17.6 Å². The van der Waals surface area contributed by atoms with Gasteiger partial charge in [0.05, 0.1) is 0 Å². The van der Waals surface area contributed by atoms with E-state index in [0.29, 0.717) is 36.3 Å². The third-order valence-electron chi connectivity index (χ3n) is 5.43. The van der Waals surface area contributed by atoms with Gasteiger partial charge in [0.15, 0.2) is 0 Å². The normalized spacial score (nSPS) is 15.7. The molecule has 0 aliphatic carbocycles. The third-order valence-corrected chi connectivity index (χ3v) is 5.43. The molecule has 3 amide bonds. The molecule has 1 atom stereocenters. The van der Waals surface area contributed by atoms with Crippen molar-refractivity contribution in [2.45, 2.75) is 45.6 Å². The highest BCUT2D eigenvalue weighted by atomic mass is 16.2. The van der Waals surface area contributed by atoms with Crippen LogP contribution in [0.25, 0.3) is 0 Å². The highest BCUT2D eigenvalue weighted by molar-refractivity contribution is 6.05. The van der Waals surface area contributed by atoms with Gasteiger partial charge in [-0.1, -0.05) is 31.5 Å². The van der Waals surface area contributed by atoms with Crippen molar-refractivity contribution in [3.63, 3.8) is 0 Å². The number of hydrogen-bond donors (Lipinski definition) is 2. The van der Waals surface area contributed by atoms with Crippen LogP contribution in [-0.4, -0.2) is 41.8 Å². The van der Waals surface area contributed by atoms with Crippen LogP contribution in [0, 0.1) is 6.92 Å². The van der Waals surface area contributed by atoms with Gasteiger partial charge in [0, 0.05) is 29.9 Å². The second-order valence-corrected chi connectivity index (χ2v) is 7.65. The maximum Gasteiger partial charge on any atom is 0.255 e. The number of amides is 3. The molecular weight excluding hydrogens is 378 g/mol. The molecule has 2 aromatic rings. The van der Waals surface area contributed by atoms with Gasteiger partial charge in [-0.2, -0.15) is 0 Å². The molecule has 6 nitrogen and oxygen atoms in total. The van der Waals surface area contributed by atoms with Gasteiger partial charge in [0.25, 0.3) is 11.8 Å². The van der Waals surface area contributed by atoms with Gasteiger partial charge in [-0.05, 0) is 62.1 Å². The minimum atomic E-state index is -0.408. The molecule has 6 heteroatoms. The number of aryl methyl sites for hydroxylation is 1. The summed E-state index contributed by atoms with van der Waals surface area (Å²) in [5.41, 5.74) is 2.65. The summed E-state index contributed by atoms with van der Waals surface area (Å²) in [5, 5.41) is 5.79. The molecule has 2 aromatic carbocycles. The van der Waals surface area contributed by atoms with Gasteiger partial charge in [0.2, 0.25) is 5.91 Å². The maximum absolute atomic E-state index is 12.9. The Kier molecular flexibility index (Phi) is 7.22. The van der Waals surface area contributed by atoms with Crippen molar-refractivity contribution < 1.29 is 14.4 Å². The van der Waals surface area contributed by atoms with E-state index in [1.807, 2.05) is 25.1 Å². The Hall–Kier alpha value is -3.15. The molecule has 158 valence electrons. The van der Waals surface area contributed by atoms with Crippen molar-refractivity contribution in [3.05, 3.63) is 65.2 Å². The monoisotopic (exact) mass is 407 g/mol. The van der Waals surface area contributed by atoms with E-state index < -0.39 is 6.04 Å². The molecule has 0 saturated carbocycles. The Bertz CT molecular complexity index is 908. The van der Waals surface area contributed by atoms with Gasteiger partial charge < -0.3 is 15.5 Å². The molecule has 0 spiro atoms. The smallest absolute Gasteiger partial charge is 0.255 e. The summed E-state index contributed by atoms with van der Waals surface area (Å²) in [6, 6.07) is 13.8. The number of benzene rings is 2. The second-order valence-electron chi connectivity index (χ2n) is 7.65. The number of carbonyl (C=O) groups excluding carboxylic acids is 3. The molecule has 0 aromatic heterocycles. The summed E-state index contributed by atoms with van der Waals surface area (Å²) < 4.78 is 0. The zero-order chi connectivity index (χ0) is 21.5. The average molecular weight is 408 g/mol. The summed E-state index contributed by atoms with van der Waals surface area (Å²) >= 11 is 0. The summed E-state index contributed by atoms with van der Waals surface area (Å²) in [7, 11) is 0. The molecule has 1 fully saturated rings. The van der Waals surface area contributed by atoms with Crippen molar-refractivity contribution in [3.8, 4) is 0 Å². The van der Waals surface area contributed by atoms with Gasteiger partial charge in [-0.15, -0.1) is 0 Å². The van der Waals surface area contributed by atoms with Crippen molar-refractivity contribution in [2.24, 2.45) is 0 Å². The third kappa shape index (κ3) is 5.06. The zero-order valence-electron chi connectivity index (χ0n) is 17.6. The number of carbonyl (C=O) groups is 3. The van der Waals surface area contributed by atoms with Crippen LogP contribution < -0.4 is 10.6 Å². The fourth-order valence-electron chi connectivity index (χ4n) is 3.68. The number of nitrogens with zero attached hydrogens (tertiary/aromatic N) is 1. The van der Waals surface area contributed by atoms with Crippen molar-refractivity contribution in [1.82, 2.24) is 10.2 Å². The van der Waals surface area contributed by atoms with Gasteiger partial charge >= 0.3 is 0 Å². The van der Waals surface area contributed by atoms with Crippen LogP contribution in [0.2, 0.25) is 0 Å². The molecule has 0 bridgehead atoms. The quantitative estimate of drug-likeness (QED) is 0.686. The lowest BCUT2D eigenvalue weighted by atomic mass is 10.1. The minimum absolute atomic E-state index is 0.0728. The zero-order valence-corrected chi connectivity index (χ0v) is 17.6. The average Bonchev–Trinajstić information content (AvgIpc) is 3.24. The lowest BCUT2D eigenvalue weighted by Gasteiger charge is -2.24. The van der Waals surface area contributed by atoms with Crippen molar-refractivity contribution in [2.75, 3.05) is 18.4 Å². The predicted molar refractivity (Wildman–Crippen MR) is 118 cm³/mol. The first-order valence-corrected chi connectivity index (χ1v) is 10.6. The number of nitrogens with one attached hydrogen (secondary N) is 2. The van der Waals surface area contributed by atoms with E-state index in [4.69, 9.17) is 0 Å². The topological polar surface area (TPSA) is 78.5 Å². The lowest BCUT2D eigenvalue weighted by molar-refractivity contribution is -0.124. The number of anilines is 1. The van der Waals surface area contributed by atoms with E-state index in [1.165, 1.54) is 0 Å². The van der Waals surface area contributed by atoms with Crippen LogP contribution in [0.4, 0.5) is 5.69 Å². The first-order chi connectivity index (χ1) is 14.5. The summed E-state index contributed by atoms with van der Waals surface area (Å²) in [6.45, 7) is 5.19. The van der Waals surface area contributed by atoms with Crippen molar-refractivity contribution >= 4 is 23.4 Å². The predicted octanol–water partition coefficient (Wildman–Crippen LogP) is 3.77. The van der Waals surface area contributed by atoms with Crippen molar-refractivity contribution in [1.29, 1.82) is 0 Å². The number of rotatable bonds is 7. The fourth-order valence-corrected chi connectivity index (χ4v) is 3.68. The molecular formula is C24H29N3O3.